The molecule has 25 heavy (non-hydrogen) atoms. The van der Waals surface area contributed by atoms with Crippen LogP contribution in [0.25, 0.3) is 0 Å². The molecule has 2 aromatic rings. The van der Waals surface area contributed by atoms with Gasteiger partial charge >= 0.3 is 6.18 Å². The molecule has 0 spiro atoms. The van der Waals surface area contributed by atoms with Crippen molar-refractivity contribution in [1.29, 1.82) is 0 Å². The van der Waals surface area contributed by atoms with Gasteiger partial charge in [0.1, 0.15) is 0 Å². The van der Waals surface area contributed by atoms with Gasteiger partial charge in [0.25, 0.3) is 0 Å². The maximum Gasteiger partial charge on any atom is 0.416 e. The van der Waals surface area contributed by atoms with E-state index in [0.29, 0.717) is 12.0 Å². The zero-order valence-corrected chi connectivity index (χ0v) is 14.3. The van der Waals surface area contributed by atoms with Crippen LogP contribution in [0.2, 0.25) is 0 Å². The number of halogens is 4. The lowest BCUT2D eigenvalue weighted by Crippen LogP contribution is -2.14. The van der Waals surface area contributed by atoms with Gasteiger partial charge in [-0.1, -0.05) is 30.3 Å². The molecular weight excluding hydrogens is 353 g/mol. The molecule has 0 radical (unpaired) electrons. The number of aryl methyl sites for hydroxylation is 1. The lowest BCUT2D eigenvalue weighted by Gasteiger charge is -2.12. The highest BCUT2D eigenvalue weighted by Gasteiger charge is 2.31. The van der Waals surface area contributed by atoms with E-state index in [0.717, 1.165) is 24.1 Å². The van der Waals surface area contributed by atoms with E-state index in [1.54, 1.807) is 0 Å². The van der Waals surface area contributed by atoms with Gasteiger partial charge in [-0.3, -0.25) is 4.79 Å². The zero-order valence-electron chi connectivity index (χ0n) is 13.5. The van der Waals surface area contributed by atoms with Crippen LogP contribution in [0.5, 0.6) is 0 Å². The van der Waals surface area contributed by atoms with Crippen molar-refractivity contribution in [1.82, 2.24) is 0 Å². The van der Waals surface area contributed by atoms with E-state index in [1.807, 2.05) is 30.3 Å². The number of hydrogen-bond acceptors (Lipinski definition) is 2. The fraction of sp³-hybridized carbons (Fsp3) is 0.278. The topological polar surface area (TPSA) is 55.1 Å². The normalized spacial score (nSPS) is 10.9. The number of rotatable bonds is 6. The molecule has 3 N–H and O–H groups in total. The van der Waals surface area contributed by atoms with Crippen molar-refractivity contribution >= 4 is 24.0 Å². The summed E-state index contributed by atoms with van der Waals surface area (Å²) in [5, 5.41) is 2.52. The second-order valence-corrected chi connectivity index (χ2v) is 5.51. The van der Waals surface area contributed by atoms with Crippen LogP contribution in [0, 0.1) is 0 Å². The number of carbonyl (C=O) groups is 1. The molecule has 0 aliphatic rings. The highest BCUT2D eigenvalue weighted by Crippen LogP contribution is 2.32. The second kappa shape index (κ2) is 9.44. The predicted molar refractivity (Wildman–Crippen MR) is 94.6 cm³/mol. The molecule has 0 aliphatic heterocycles. The number of carbonyl (C=O) groups excluding carboxylic acids is 1. The van der Waals surface area contributed by atoms with Crippen LogP contribution in [0.4, 0.5) is 18.9 Å². The summed E-state index contributed by atoms with van der Waals surface area (Å²) >= 11 is 0. The summed E-state index contributed by atoms with van der Waals surface area (Å²) in [6.45, 7) is -0.0270. The van der Waals surface area contributed by atoms with E-state index in [1.165, 1.54) is 6.07 Å². The first-order chi connectivity index (χ1) is 11.4. The Hall–Kier alpha value is -2.05. The fourth-order valence-corrected chi connectivity index (χ4v) is 2.37. The van der Waals surface area contributed by atoms with Crippen LogP contribution in [0.15, 0.2) is 48.5 Å². The maximum atomic E-state index is 12.9. The van der Waals surface area contributed by atoms with Crippen molar-refractivity contribution < 1.29 is 18.0 Å². The standard InChI is InChI=1S/C18H19F3N2O.ClH/c19-18(20,21)15-9-14(12-22)10-16(11-15)23-17(24)8-4-7-13-5-2-1-3-6-13;/h1-3,5-6,9-11H,4,7-8,12,22H2,(H,23,24);1H. The largest absolute Gasteiger partial charge is 0.416 e. The smallest absolute Gasteiger partial charge is 0.326 e. The number of amides is 1. The second-order valence-electron chi connectivity index (χ2n) is 5.51. The van der Waals surface area contributed by atoms with E-state index in [-0.39, 0.29) is 37.0 Å². The third-order valence-electron chi connectivity index (χ3n) is 3.55. The lowest BCUT2D eigenvalue weighted by atomic mass is 10.1. The summed E-state index contributed by atoms with van der Waals surface area (Å²) < 4.78 is 38.6. The Morgan fingerprint density at radius 3 is 2.32 bits per heavy atom. The number of benzene rings is 2. The van der Waals surface area contributed by atoms with Crippen molar-refractivity contribution in [3.8, 4) is 0 Å². The Bertz CT molecular complexity index is 690. The van der Waals surface area contributed by atoms with E-state index >= 15 is 0 Å². The van der Waals surface area contributed by atoms with E-state index in [9.17, 15) is 18.0 Å². The molecule has 7 heteroatoms. The summed E-state index contributed by atoms with van der Waals surface area (Å²) in [7, 11) is 0. The average molecular weight is 373 g/mol. The summed E-state index contributed by atoms with van der Waals surface area (Å²) in [5.74, 6) is -0.312. The first-order valence-corrected chi connectivity index (χ1v) is 7.63. The van der Waals surface area contributed by atoms with Gasteiger partial charge in [-0.2, -0.15) is 13.2 Å². The molecule has 0 aliphatic carbocycles. The predicted octanol–water partition coefficient (Wildman–Crippen LogP) is 4.55. The third-order valence-corrected chi connectivity index (χ3v) is 3.55. The van der Waals surface area contributed by atoms with Crippen LogP contribution in [-0.4, -0.2) is 5.91 Å². The maximum absolute atomic E-state index is 12.9. The van der Waals surface area contributed by atoms with Crippen molar-refractivity contribution in [3.63, 3.8) is 0 Å². The summed E-state index contributed by atoms with van der Waals surface area (Å²) in [5.41, 5.74) is 6.18. The van der Waals surface area contributed by atoms with Crippen LogP contribution in [0.1, 0.15) is 29.5 Å². The third kappa shape index (κ3) is 6.76. The molecule has 0 saturated heterocycles. The molecule has 0 bridgehead atoms. The molecule has 0 atom stereocenters. The van der Waals surface area contributed by atoms with Gasteiger partial charge < -0.3 is 11.1 Å². The monoisotopic (exact) mass is 372 g/mol. The number of alkyl halides is 3. The van der Waals surface area contributed by atoms with E-state index < -0.39 is 11.7 Å². The number of anilines is 1. The molecule has 0 heterocycles. The Morgan fingerprint density at radius 1 is 1.04 bits per heavy atom. The summed E-state index contributed by atoms with van der Waals surface area (Å²) in [4.78, 5) is 11.9. The molecule has 2 aromatic carbocycles. The molecule has 136 valence electrons. The highest BCUT2D eigenvalue weighted by molar-refractivity contribution is 5.90. The summed E-state index contributed by atoms with van der Waals surface area (Å²) in [6, 6.07) is 13.1. The Balaban J connectivity index is 0.00000312. The first-order valence-electron chi connectivity index (χ1n) is 7.63. The average Bonchev–Trinajstić information content (AvgIpc) is 2.54. The lowest BCUT2D eigenvalue weighted by molar-refractivity contribution is -0.137. The van der Waals surface area contributed by atoms with Gasteiger partial charge in [0.05, 0.1) is 5.56 Å². The zero-order chi connectivity index (χ0) is 17.6. The van der Waals surface area contributed by atoms with Gasteiger partial charge in [0.2, 0.25) is 5.91 Å². The first kappa shape index (κ1) is 21.0. The molecular formula is C18H20ClF3N2O. The molecule has 2 rings (SSSR count). The van der Waals surface area contributed by atoms with E-state index in [4.69, 9.17) is 5.73 Å². The van der Waals surface area contributed by atoms with Crippen LogP contribution >= 0.6 is 12.4 Å². The van der Waals surface area contributed by atoms with Crippen molar-refractivity contribution in [2.24, 2.45) is 5.73 Å². The molecule has 0 saturated carbocycles. The fourth-order valence-electron chi connectivity index (χ4n) is 2.37. The van der Waals surface area contributed by atoms with Gasteiger partial charge in [-0.15, -0.1) is 12.4 Å². The molecule has 0 aromatic heterocycles. The van der Waals surface area contributed by atoms with Crippen LogP contribution in [-0.2, 0) is 23.9 Å². The van der Waals surface area contributed by atoms with Crippen molar-refractivity contribution in [2.45, 2.75) is 32.0 Å². The van der Waals surface area contributed by atoms with Crippen LogP contribution in [0.3, 0.4) is 0 Å². The Kier molecular flexibility index (Phi) is 7.93. The highest BCUT2D eigenvalue weighted by atomic mass is 35.5. The van der Waals surface area contributed by atoms with E-state index in [2.05, 4.69) is 5.32 Å². The Morgan fingerprint density at radius 2 is 1.72 bits per heavy atom. The number of nitrogens with one attached hydrogen (secondary N) is 1. The molecule has 0 fully saturated rings. The number of nitrogens with two attached hydrogens (primary N) is 1. The van der Waals surface area contributed by atoms with Gasteiger partial charge in [-0.05, 0) is 42.2 Å². The molecule has 3 nitrogen and oxygen atoms in total. The SMILES string of the molecule is Cl.NCc1cc(NC(=O)CCCc2ccccc2)cc(C(F)(F)F)c1. The summed E-state index contributed by atoms with van der Waals surface area (Å²) in [6.07, 6.45) is -2.87. The number of hydrogen-bond donors (Lipinski definition) is 2. The van der Waals surface area contributed by atoms with Crippen LogP contribution < -0.4 is 11.1 Å². The Labute approximate surface area is 150 Å². The van der Waals surface area contributed by atoms with Crippen molar-refractivity contribution in [2.75, 3.05) is 5.32 Å². The van der Waals surface area contributed by atoms with Gasteiger partial charge in [-0.25, -0.2) is 0 Å². The molecule has 1 amide bonds. The van der Waals surface area contributed by atoms with Crippen molar-refractivity contribution in [3.05, 3.63) is 65.2 Å². The minimum absolute atomic E-state index is 0. The minimum atomic E-state index is -4.47. The quantitative estimate of drug-likeness (QED) is 0.781. The molecule has 0 unspecified atom stereocenters. The van der Waals surface area contributed by atoms with Gasteiger partial charge in [0.15, 0.2) is 0 Å². The minimum Gasteiger partial charge on any atom is -0.326 e. The van der Waals surface area contributed by atoms with Gasteiger partial charge in [0, 0.05) is 18.7 Å².